The topological polar surface area (TPSA) is 0 Å². The van der Waals surface area contributed by atoms with Crippen LogP contribution in [0.5, 0.6) is 0 Å². The molecule has 2 rings (SSSR count). The first-order valence-electron chi connectivity index (χ1n) is 6.23. The van der Waals surface area contributed by atoms with Gasteiger partial charge in [-0.25, -0.2) is 0 Å². The van der Waals surface area contributed by atoms with Gasteiger partial charge in [-0.3, -0.25) is 0 Å². The van der Waals surface area contributed by atoms with Gasteiger partial charge in [0.15, 0.2) is 0 Å². The molecule has 0 spiro atoms. The van der Waals surface area contributed by atoms with E-state index in [0.29, 0.717) is 0 Å². The lowest BCUT2D eigenvalue weighted by molar-refractivity contribution is 0.190. The zero-order chi connectivity index (χ0) is 10.8. The average molecular weight is 202 g/mol. The number of hydrogen-bond acceptors (Lipinski definition) is 0. The summed E-state index contributed by atoms with van der Waals surface area (Å²) in [6, 6.07) is 11.0. The van der Waals surface area contributed by atoms with E-state index in [2.05, 4.69) is 51.1 Å². The molecule has 0 saturated heterocycles. The van der Waals surface area contributed by atoms with E-state index in [9.17, 15) is 0 Å². The Kier molecular flexibility index (Phi) is 3.14. The Morgan fingerprint density at radius 1 is 0.800 bits per heavy atom. The fourth-order valence-electron chi connectivity index (χ4n) is 3.01. The lowest BCUT2D eigenvalue weighted by Gasteiger charge is -2.37. The van der Waals surface area contributed by atoms with Crippen LogP contribution in [0.15, 0.2) is 30.3 Å². The predicted octanol–water partition coefficient (Wildman–Crippen LogP) is 4.47. The molecule has 82 valence electrons. The molecule has 15 heavy (non-hydrogen) atoms. The quantitative estimate of drug-likeness (QED) is 0.630. The van der Waals surface area contributed by atoms with Crippen molar-refractivity contribution in [3.63, 3.8) is 0 Å². The highest BCUT2D eigenvalue weighted by molar-refractivity contribution is 5.21. The molecule has 1 aliphatic carbocycles. The molecule has 0 heteroatoms. The minimum absolute atomic E-state index is 0.789. The Morgan fingerprint density at radius 3 is 2.07 bits per heavy atom. The van der Waals surface area contributed by atoms with E-state index in [1.165, 1.54) is 12.8 Å². The van der Waals surface area contributed by atoms with Crippen LogP contribution in [0, 0.1) is 17.8 Å². The molecular formula is C15H22. The molecule has 4 unspecified atom stereocenters. The van der Waals surface area contributed by atoms with Gasteiger partial charge in [0.1, 0.15) is 0 Å². The van der Waals surface area contributed by atoms with E-state index < -0.39 is 0 Å². The van der Waals surface area contributed by atoms with Gasteiger partial charge in [-0.1, -0.05) is 51.1 Å². The van der Waals surface area contributed by atoms with Gasteiger partial charge in [0.05, 0.1) is 0 Å². The largest absolute Gasteiger partial charge is 0.0622 e. The third kappa shape index (κ3) is 2.25. The molecule has 0 N–H and O–H groups in total. The van der Waals surface area contributed by atoms with Gasteiger partial charge >= 0.3 is 0 Å². The first-order chi connectivity index (χ1) is 7.18. The van der Waals surface area contributed by atoms with Gasteiger partial charge in [0.25, 0.3) is 0 Å². The average Bonchev–Trinajstić information content (AvgIpc) is 2.25. The predicted molar refractivity (Wildman–Crippen MR) is 65.9 cm³/mol. The number of rotatable bonds is 1. The summed E-state index contributed by atoms with van der Waals surface area (Å²) in [5.41, 5.74) is 1.55. The first-order valence-corrected chi connectivity index (χ1v) is 6.23. The van der Waals surface area contributed by atoms with Crippen molar-refractivity contribution in [3.8, 4) is 0 Å². The number of hydrogen-bond donors (Lipinski definition) is 0. The molecule has 0 heterocycles. The van der Waals surface area contributed by atoms with Crippen LogP contribution >= 0.6 is 0 Å². The summed E-state index contributed by atoms with van der Waals surface area (Å²) in [6.45, 7) is 7.23. The van der Waals surface area contributed by atoms with Crippen molar-refractivity contribution in [3.05, 3.63) is 35.9 Å². The van der Waals surface area contributed by atoms with Crippen molar-refractivity contribution < 1.29 is 0 Å². The Labute approximate surface area is 93.7 Å². The molecule has 0 aromatic heterocycles. The van der Waals surface area contributed by atoms with Crippen molar-refractivity contribution in [2.75, 3.05) is 0 Å². The fourth-order valence-corrected chi connectivity index (χ4v) is 3.01. The van der Waals surface area contributed by atoms with E-state index in [1.54, 1.807) is 5.56 Å². The normalized spacial score (nSPS) is 36.5. The maximum atomic E-state index is 2.42. The van der Waals surface area contributed by atoms with Crippen molar-refractivity contribution in [1.29, 1.82) is 0 Å². The summed E-state index contributed by atoms with van der Waals surface area (Å²) >= 11 is 0. The van der Waals surface area contributed by atoms with Crippen LogP contribution in [0.4, 0.5) is 0 Å². The van der Waals surface area contributed by atoms with Crippen LogP contribution < -0.4 is 0 Å². The van der Waals surface area contributed by atoms with Crippen molar-refractivity contribution in [2.24, 2.45) is 17.8 Å². The van der Waals surface area contributed by atoms with Crippen molar-refractivity contribution in [1.82, 2.24) is 0 Å². The van der Waals surface area contributed by atoms with Crippen LogP contribution in [-0.2, 0) is 0 Å². The zero-order valence-corrected chi connectivity index (χ0v) is 10.1. The monoisotopic (exact) mass is 202 g/mol. The SMILES string of the molecule is CC1CC(C)C(c2ccccc2)CC1C. The molecule has 1 aliphatic rings. The highest BCUT2D eigenvalue weighted by Crippen LogP contribution is 2.42. The lowest BCUT2D eigenvalue weighted by Crippen LogP contribution is -2.26. The smallest absolute Gasteiger partial charge is 0.0134 e. The molecule has 1 aromatic carbocycles. The molecule has 1 fully saturated rings. The molecule has 1 aromatic rings. The lowest BCUT2D eigenvalue weighted by atomic mass is 9.68. The molecule has 0 nitrogen and oxygen atoms in total. The maximum Gasteiger partial charge on any atom is -0.0134 e. The summed E-state index contributed by atoms with van der Waals surface area (Å²) in [5.74, 6) is 3.42. The van der Waals surface area contributed by atoms with E-state index in [-0.39, 0.29) is 0 Å². The standard InChI is InChI=1S/C15H22/c1-11-9-13(3)15(10-12(11)2)14-7-5-4-6-8-14/h4-8,11-13,15H,9-10H2,1-3H3. The summed E-state index contributed by atoms with van der Waals surface area (Å²) in [7, 11) is 0. The van der Waals surface area contributed by atoms with E-state index >= 15 is 0 Å². The Hall–Kier alpha value is -0.780. The molecule has 1 saturated carbocycles. The van der Waals surface area contributed by atoms with E-state index in [4.69, 9.17) is 0 Å². The molecule has 4 atom stereocenters. The second kappa shape index (κ2) is 4.38. The van der Waals surface area contributed by atoms with Crippen molar-refractivity contribution >= 4 is 0 Å². The molecular weight excluding hydrogens is 180 g/mol. The Morgan fingerprint density at radius 2 is 1.40 bits per heavy atom. The molecule has 0 aliphatic heterocycles. The Bertz CT molecular complexity index is 301. The van der Waals surface area contributed by atoms with E-state index in [0.717, 1.165) is 23.7 Å². The fraction of sp³-hybridized carbons (Fsp3) is 0.600. The second-order valence-corrected chi connectivity index (χ2v) is 5.42. The molecule has 0 radical (unpaired) electrons. The second-order valence-electron chi connectivity index (χ2n) is 5.42. The Balaban J connectivity index is 2.16. The minimum Gasteiger partial charge on any atom is -0.0622 e. The number of benzene rings is 1. The van der Waals surface area contributed by atoms with E-state index in [1.807, 2.05) is 0 Å². The minimum atomic E-state index is 0.789. The van der Waals surface area contributed by atoms with Gasteiger partial charge in [0.2, 0.25) is 0 Å². The molecule has 0 amide bonds. The van der Waals surface area contributed by atoms with Gasteiger partial charge < -0.3 is 0 Å². The zero-order valence-electron chi connectivity index (χ0n) is 10.1. The van der Waals surface area contributed by atoms with Crippen LogP contribution in [0.3, 0.4) is 0 Å². The van der Waals surface area contributed by atoms with Gasteiger partial charge in [-0.05, 0) is 42.1 Å². The summed E-state index contributed by atoms with van der Waals surface area (Å²) in [4.78, 5) is 0. The highest BCUT2D eigenvalue weighted by Gasteiger charge is 2.30. The van der Waals surface area contributed by atoms with Gasteiger partial charge in [-0.2, -0.15) is 0 Å². The molecule has 0 bridgehead atoms. The van der Waals surface area contributed by atoms with Crippen LogP contribution in [0.25, 0.3) is 0 Å². The maximum absolute atomic E-state index is 2.42. The van der Waals surface area contributed by atoms with Crippen LogP contribution in [0.1, 0.15) is 45.1 Å². The summed E-state index contributed by atoms with van der Waals surface area (Å²) < 4.78 is 0. The van der Waals surface area contributed by atoms with Crippen molar-refractivity contribution in [2.45, 2.75) is 39.5 Å². The summed E-state index contributed by atoms with van der Waals surface area (Å²) in [6.07, 6.45) is 2.76. The third-order valence-electron chi connectivity index (χ3n) is 4.26. The first kappa shape index (κ1) is 10.7. The summed E-state index contributed by atoms with van der Waals surface area (Å²) in [5, 5.41) is 0. The van der Waals surface area contributed by atoms with Crippen LogP contribution in [0.2, 0.25) is 0 Å². The third-order valence-corrected chi connectivity index (χ3v) is 4.26. The highest BCUT2D eigenvalue weighted by atomic mass is 14.4. The van der Waals surface area contributed by atoms with Gasteiger partial charge in [0, 0.05) is 0 Å². The van der Waals surface area contributed by atoms with Crippen LogP contribution in [-0.4, -0.2) is 0 Å². The van der Waals surface area contributed by atoms with Gasteiger partial charge in [-0.15, -0.1) is 0 Å².